The molecule has 0 unspecified atom stereocenters. The number of aryl methyl sites for hydroxylation is 2. The van der Waals surface area contributed by atoms with Gasteiger partial charge in [-0.2, -0.15) is 0 Å². The van der Waals surface area contributed by atoms with E-state index in [1.807, 2.05) is 0 Å². The minimum atomic E-state index is 0.848. The molecule has 2 heteroatoms. The number of rotatable bonds is 4. The highest BCUT2D eigenvalue weighted by molar-refractivity contribution is 5.58. The fourth-order valence-corrected chi connectivity index (χ4v) is 3.09. The van der Waals surface area contributed by atoms with Crippen LogP contribution in [0, 0.1) is 12.8 Å². The summed E-state index contributed by atoms with van der Waals surface area (Å²) in [5.74, 6) is 0.848. The van der Waals surface area contributed by atoms with Crippen LogP contribution in [-0.4, -0.2) is 26.7 Å². The molecule has 2 nitrogen and oxygen atoms in total. The normalized spacial score (nSPS) is 16.8. The number of anilines is 1. The van der Waals surface area contributed by atoms with Crippen LogP contribution < -0.4 is 10.2 Å². The molecular formula is C16H26N2. The molecule has 0 spiro atoms. The highest BCUT2D eigenvalue weighted by Gasteiger charge is 2.17. The molecule has 2 rings (SSSR count). The van der Waals surface area contributed by atoms with E-state index in [-0.39, 0.29) is 0 Å². The predicted molar refractivity (Wildman–Crippen MR) is 79.4 cm³/mol. The molecule has 18 heavy (non-hydrogen) atoms. The van der Waals surface area contributed by atoms with Crippen molar-refractivity contribution in [3.05, 3.63) is 29.3 Å². The molecule has 0 atom stereocenters. The molecule has 1 aliphatic rings. The van der Waals surface area contributed by atoms with Gasteiger partial charge in [0.15, 0.2) is 0 Å². The minimum Gasteiger partial charge on any atom is -0.374 e. The van der Waals surface area contributed by atoms with Crippen molar-refractivity contribution in [3.63, 3.8) is 0 Å². The molecular weight excluding hydrogens is 220 g/mol. The number of para-hydroxylation sites is 1. The molecule has 100 valence electrons. The molecule has 1 fully saturated rings. The summed E-state index contributed by atoms with van der Waals surface area (Å²) in [4.78, 5) is 2.48. The number of nitrogens with one attached hydrogen (secondary N) is 1. The molecule has 1 heterocycles. The molecule has 0 bridgehead atoms. The highest BCUT2D eigenvalue weighted by atomic mass is 15.1. The number of hydrogen-bond acceptors (Lipinski definition) is 2. The van der Waals surface area contributed by atoms with Crippen LogP contribution in [0.1, 0.15) is 30.9 Å². The summed E-state index contributed by atoms with van der Waals surface area (Å²) >= 11 is 0. The van der Waals surface area contributed by atoms with Crippen LogP contribution in [0.5, 0.6) is 0 Å². The zero-order valence-electron chi connectivity index (χ0n) is 12.0. The Bertz CT molecular complexity index is 381. The van der Waals surface area contributed by atoms with E-state index in [1.165, 1.54) is 49.3 Å². The lowest BCUT2D eigenvalue weighted by molar-refractivity contribution is 0.377. The van der Waals surface area contributed by atoms with Crippen molar-refractivity contribution in [3.8, 4) is 0 Å². The maximum Gasteiger partial charge on any atom is 0.0425 e. The second-order valence-corrected chi connectivity index (χ2v) is 5.51. The van der Waals surface area contributed by atoms with Crippen molar-refractivity contribution in [2.24, 2.45) is 5.92 Å². The van der Waals surface area contributed by atoms with E-state index in [4.69, 9.17) is 0 Å². The van der Waals surface area contributed by atoms with E-state index in [0.29, 0.717) is 0 Å². The fraction of sp³-hybridized carbons (Fsp3) is 0.625. The van der Waals surface area contributed by atoms with Crippen LogP contribution in [0.4, 0.5) is 5.69 Å². The minimum absolute atomic E-state index is 0.848. The van der Waals surface area contributed by atoms with E-state index in [0.717, 1.165) is 12.3 Å². The van der Waals surface area contributed by atoms with Crippen molar-refractivity contribution in [1.29, 1.82) is 0 Å². The van der Waals surface area contributed by atoms with Crippen molar-refractivity contribution in [2.75, 3.05) is 31.6 Å². The Morgan fingerprint density at radius 2 is 2.00 bits per heavy atom. The zero-order chi connectivity index (χ0) is 13.0. The van der Waals surface area contributed by atoms with E-state index in [9.17, 15) is 0 Å². The Hall–Kier alpha value is -1.02. The van der Waals surface area contributed by atoms with Crippen LogP contribution in [-0.2, 0) is 6.42 Å². The molecule has 1 aromatic rings. The van der Waals surface area contributed by atoms with Crippen molar-refractivity contribution in [2.45, 2.75) is 33.1 Å². The van der Waals surface area contributed by atoms with Gasteiger partial charge in [0.2, 0.25) is 0 Å². The molecule has 0 saturated carbocycles. The SMILES string of the molecule is CCc1cccc(C)c1N(C)CC1CCNCC1. The third kappa shape index (κ3) is 3.05. The first-order valence-electron chi connectivity index (χ1n) is 7.22. The number of piperidine rings is 1. The first-order valence-corrected chi connectivity index (χ1v) is 7.22. The first-order chi connectivity index (χ1) is 8.72. The van der Waals surface area contributed by atoms with E-state index >= 15 is 0 Å². The van der Waals surface area contributed by atoms with Crippen LogP contribution in [0.2, 0.25) is 0 Å². The third-order valence-corrected chi connectivity index (χ3v) is 4.07. The monoisotopic (exact) mass is 246 g/mol. The molecule has 1 N–H and O–H groups in total. The summed E-state index contributed by atoms with van der Waals surface area (Å²) in [7, 11) is 2.25. The van der Waals surface area contributed by atoms with Gasteiger partial charge in [-0.05, 0) is 56.3 Å². The van der Waals surface area contributed by atoms with Crippen molar-refractivity contribution >= 4 is 5.69 Å². The second-order valence-electron chi connectivity index (χ2n) is 5.51. The quantitative estimate of drug-likeness (QED) is 0.878. The van der Waals surface area contributed by atoms with Gasteiger partial charge in [-0.25, -0.2) is 0 Å². The first kappa shape index (κ1) is 13.4. The summed E-state index contributed by atoms with van der Waals surface area (Å²) in [6, 6.07) is 6.67. The lowest BCUT2D eigenvalue weighted by Crippen LogP contribution is -2.35. The van der Waals surface area contributed by atoms with Gasteiger partial charge < -0.3 is 10.2 Å². The average molecular weight is 246 g/mol. The Kier molecular flexibility index (Phi) is 4.65. The molecule has 0 aromatic heterocycles. The summed E-state index contributed by atoms with van der Waals surface area (Å²) in [6.07, 6.45) is 3.75. The van der Waals surface area contributed by atoms with Crippen molar-refractivity contribution in [1.82, 2.24) is 5.32 Å². The molecule has 1 aromatic carbocycles. The fourth-order valence-electron chi connectivity index (χ4n) is 3.09. The molecule has 1 aliphatic heterocycles. The molecule has 1 saturated heterocycles. The molecule has 0 amide bonds. The number of nitrogens with zero attached hydrogens (tertiary/aromatic N) is 1. The average Bonchev–Trinajstić information content (AvgIpc) is 2.39. The lowest BCUT2D eigenvalue weighted by atomic mass is 9.96. The van der Waals surface area contributed by atoms with Crippen LogP contribution in [0.3, 0.4) is 0 Å². The summed E-state index contributed by atoms with van der Waals surface area (Å²) in [6.45, 7) is 8.05. The third-order valence-electron chi connectivity index (χ3n) is 4.07. The van der Waals surface area contributed by atoms with Crippen LogP contribution in [0.15, 0.2) is 18.2 Å². The Labute approximate surface area is 111 Å². The topological polar surface area (TPSA) is 15.3 Å². The zero-order valence-corrected chi connectivity index (χ0v) is 12.0. The molecule has 0 radical (unpaired) electrons. The van der Waals surface area contributed by atoms with Crippen molar-refractivity contribution < 1.29 is 0 Å². The van der Waals surface area contributed by atoms with Gasteiger partial charge >= 0.3 is 0 Å². The maximum atomic E-state index is 3.44. The Morgan fingerprint density at radius 1 is 1.28 bits per heavy atom. The maximum absolute atomic E-state index is 3.44. The number of hydrogen-bond donors (Lipinski definition) is 1. The van der Waals surface area contributed by atoms with Crippen LogP contribution in [0.25, 0.3) is 0 Å². The highest BCUT2D eigenvalue weighted by Crippen LogP contribution is 2.26. The molecule has 0 aliphatic carbocycles. The van der Waals surface area contributed by atoms with Crippen LogP contribution >= 0.6 is 0 Å². The van der Waals surface area contributed by atoms with Gasteiger partial charge in [-0.15, -0.1) is 0 Å². The van der Waals surface area contributed by atoms with Gasteiger partial charge in [0.05, 0.1) is 0 Å². The largest absolute Gasteiger partial charge is 0.374 e. The van der Waals surface area contributed by atoms with Gasteiger partial charge in [-0.3, -0.25) is 0 Å². The Balaban J connectivity index is 2.09. The summed E-state index contributed by atoms with van der Waals surface area (Å²) in [5, 5.41) is 3.44. The van der Waals surface area contributed by atoms with E-state index in [2.05, 4.69) is 49.3 Å². The predicted octanol–water partition coefficient (Wildman–Crippen LogP) is 2.99. The standard InChI is InChI=1S/C16H26N2/c1-4-15-7-5-6-13(2)16(15)18(3)12-14-8-10-17-11-9-14/h5-7,14,17H,4,8-12H2,1-3H3. The van der Waals surface area contributed by atoms with Gasteiger partial charge in [0.1, 0.15) is 0 Å². The number of benzene rings is 1. The second kappa shape index (κ2) is 6.24. The summed E-state index contributed by atoms with van der Waals surface area (Å²) < 4.78 is 0. The lowest BCUT2D eigenvalue weighted by Gasteiger charge is -2.31. The Morgan fingerprint density at radius 3 is 2.67 bits per heavy atom. The summed E-state index contributed by atoms with van der Waals surface area (Å²) in [5.41, 5.74) is 4.34. The smallest absolute Gasteiger partial charge is 0.0425 e. The van der Waals surface area contributed by atoms with E-state index in [1.54, 1.807) is 0 Å². The van der Waals surface area contributed by atoms with E-state index < -0.39 is 0 Å². The van der Waals surface area contributed by atoms with Gasteiger partial charge in [0.25, 0.3) is 0 Å². The van der Waals surface area contributed by atoms with Gasteiger partial charge in [0, 0.05) is 19.3 Å². The van der Waals surface area contributed by atoms with Gasteiger partial charge in [-0.1, -0.05) is 25.1 Å².